The van der Waals surface area contributed by atoms with Crippen molar-refractivity contribution in [3.8, 4) is 0 Å². The molecule has 0 aliphatic rings. The summed E-state index contributed by atoms with van der Waals surface area (Å²) < 4.78 is 1.08. The molecule has 2 aromatic carbocycles. The first-order valence-corrected chi connectivity index (χ1v) is 7.81. The summed E-state index contributed by atoms with van der Waals surface area (Å²) in [5, 5.41) is 3.51. The maximum Gasteiger partial charge on any atom is 0.257 e. The highest BCUT2D eigenvalue weighted by atomic mass is 32.1. The monoisotopic (exact) mass is 311 g/mol. The summed E-state index contributed by atoms with van der Waals surface area (Å²) in [6.07, 6.45) is 0. The van der Waals surface area contributed by atoms with Crippen molar-refractivity contribution in [2.75, 3.05) is 24.3 Å². The zero-order valence-corrected chi connectivity index (χ0v) is 13.6. The molecule has 0 aliphatic heterocycles. The topological polar surface area (TPSA) is 45.2 Å². The SMILES string of the molecule is Cc1cccc2sc(NC(=O)c3ccc(N(C)C)cc3)nc12. The van der Waals surface area contributed by atoms with E-state index in [1.807, 2.05) is 68.4 Å². The lowest BCUT2D eigenvalue weighted by Crippen LogP contribution is -2.13. The lowest BCUT2D eigenvalue weighted by atomic mass is 10.2. The highest BCUT2D eigenvalue weighted by Crippen LogP contribution is 2.28. The molecule has 0 radical (unpaired) electrons. The standard InChI is InChI=1S/C17H17N3OS/c1-11-5-4-6-14-15(11)18-17(22-14)19-16(21)12-7-9-13(10-8-12)20(2)3/h4-10H,1-3H3,(H,18,19,21). The average Bonchev–Trinajstić information content (AvgIpc) is 2.91. The Morgan fingerprint density at radius 2 is 1.86 bits per heavy atom. The molecule has 1 amide bonds. The molecule has 22 heavy (non-hydrogen) atoms. The zero-order valence-electron chi connectivity index (χ0n) is 12.8. The van der Waals surface area contributed by atoms with Gasteiger partial charge in [0.1, 0.15) is 0 Å². The summed E-state index contributed by atoms with van der Waals surface area (Å²) in [4.78, 5) is 18.8. The van der Waals surface area contributed by atoms with Gasteiger partial charge in [0.25, 0.3) is 5.91 Å². The Morgan fingerprint density at radius 3 is 2.50 bits per heavy atom. The quantitative estimate of drug-likeness (QED) is 0.797. The lowest BCUT2D eigenvalue weighted by molar-refractivity contribution is 0.102. The summed E-state index contributed by atoms with van der Waals surface area (Å²) in [5.41, 5.74) is 3.75. The molecular formula is C17H17N3OS. The Balaban J connectivity index is 1.82. The van der Waals surface area contributed by atoms with Crippen molar-refractivity contribution in [1.82, 2.24) is 4.98 Å². The number of thiazole rings is 1. The summed E-state index contributed by atoms with van der Waals surface area (Å²) >= 11 is 1.49. The molecule has 0 spiro atoms. The number of carbonyl (C=O) groups is 1. The maximum atomic E-state index is 12.3. The van der Waals surface area contributed by atoms with E-state index in [2.05, 4.69) is 10.3 Å². The Kier molecular flexibility index (Phi) is 3.81. The third-order valence-corrected chi connectivity index (χ3v) is 4.42. The summed E-state index contributed by atoms with van der Waals surface area (Å²) in [6, 6.07) is 13.5. The number of fused-ring (bicyclic) bond motifs is 1. The van der Waals surface area contributed by atoms with Gasteiger partial charge in [-0.2, -0.15) is 0 Å². The number of nitrogens with zero attached hydrogens (tertiary/aromatic N) is 2. The smallest absolute Gasteiger partial charge is 0.257 e. The maximum absolute atomic E-state index is 12.3. The van der Waals surface area contributed by atoms with Crippen LogP contribution in [0, 0.1) is 6.92 Å². The molecule has 3 aromatic rings. The Morgan fingerprint density at radius 1 is 1.14 bits per heavy atom. The van der Waals surface area contributed by atoms with Gasteiger partial charge in [0.2, 0.25) is 0 Å². The minimum Gasteiger partial charge on any atom is -0.378 e. The largest absolute Gasteiger partial charge is 0.378 e. The van der Waals surface area contributed by atoms with Gasteiger partial charge in [-0.25, -0.2) is 4.98 Å². The number of rotatable bonds is 3. The molecule has 0 aliphatic carbocycles. The molecule has 1 heterocycles. The van der Waals surface area contributed by atoms with Crippen LogP contribution in [0.25, 0.3) is 10.2 Å². The fraction of sp³-hybridized carbons (Fsp3) is 0.176. The van der Waals surface area contributed by atoms with Gasteiger partial charge >= 0.3 is 0 Å². The van der Waals surface area contributed by atoms with Gasteiger partial charge < -0.3 is 4.90 Å². The third-order valence-electron chi connectivity index (χ3n) is 3.49. The van der Waals surface area contributed by atoms with Gasteiger partial charge in [0.15, 0.2) is 5.13 Å². The Bertz CT molecular complexity index is 822. The van der Waals surface area contributed by atoms with Crippen LogP contribution in [-0.2, 0) is 0 Å². The predicted molar refractivity (Wildman–Crippen MR) is 93.1 cm³/mol. The molecule has 5 heteroatoms. The second kappa shape index (κ2) is 5.77. The summed E-state index contributed by atoms with van der Waals surface area (Å²) in [6.45, 7) is 2.02. The molecule has 0 bridgehead atoms. The van der Waals surface area contributed by atoms with Crippen LogP contribution in [0.15, 0.2) is 42.5 Å². The van der Waals surface area contributed by atoms with E-state index < -0.39 is 0 Å². The van der Waals surface area contributed by atoms with Crippen LogP contribution in [0.3, 0.4) is 0 Å². The lowest BCUT2D eigenvalue weighted by Gasteiger charge is -2.12. The van der Waals surface area contributed by atoms with E-state index in [1.165, 1.54) is 11.3 Å². The molecular weight excluding hydrogens is 294 g/mol. The second-order valence-corrected chi connectivity index (χ2v) is 6.37. The van der Waals surface area contributed by atoms with Gasteiger partial charge in [-0.05, 0) is 42.8 Å². The molecule has 4 nitrogen and oxygen atoms in total. The summed E-state index contributed by atoms with van der Waals surface area (Å²) in [5.74, 6) is -0.137. The van der Waals surface area contributed by atoms with Crippen molar-refractivity contribution in [3.63, 3.8) is 0 Å². The molecule has 0 saturated heterocycles. The average molecular weight is 311 g/mol. The van der Waals surface area contributed by atoms with Crippen LogP contribution in [0.2, 0.25) is 0 Å². The molecule has 0 unspecified atom stereocenters. The number of anilines is 2. The number of para-hydroxylation sites is 1. The first-order chi connectivity index (χ1) is 10.5. The molecule has 112 valence electrons. The molecule has 3 rings (SSSR count). The van der Waals surface area contributed by atoms with E-state index in [9.17, 15) is 4.79 Å². The minimum atomic E-state index is -0.137. The van der Waals surface area contributed by atoms with Crippen LogP contribution in [0.1, 0.15) is 15.9 Å². The third kappa shape index (κ3) is 2.80. The van der Waals surface area contributed by atoms with Gasteiger partial charge in [0, 0.05) is 25.3 Å². The number of hydrogen-bond donors (Lipinski definition) is 1. The highest BCUT2D eigenvalue weighted by Gasteiger charge is 2.11. The number of aromatic nitrogens is 1. The number of carbonyl (C=O) groups excluding carboxylic acids is 1. The van der Waals surface area contributed by atoms with Crippen LogP contribution >= 0.6 is 11.3 Å². The molecule has 0 fully saturated rings. The van der Waals surface area contributed by atoms with Crippen molar-refractivity contribution in [3.05, 3.63) is 53.6 Å². The van der Waals surface area contributed by atoms with Crippen LogP contribution < -0.4 is 10.2 Å². The first-order valence-electron chi connectivity index (χ1n) is 6.99. The Labute approximate surface area is 133 Å². The van der Waals surface area contributed by atoms with Gasteiger partial charge in [0.05, 0.1) is 10.2 Å². The van der Waals surface area contributed by atoms with E-state index in [0.29, 0.717) is 10.7 Å². The molecule has 0 atom stereocenters. The number of nitrogens with one attached hydrogen (secondary N) is 1. The van der Waals surface area contributed by atoms with E-state index in [1.54, 1.807) is 0 Å². The van der Waals surface area contributed by atoms with E-state index in [4.69, 9.17) is 0 Å². The molecule has 1 N–H and O–H groups in total. The van der Waals surface area contributed by atoms with Gasteiger partial charge in [-0.1, -0.05) is 23.5 Å². The van der Waals surface area contributed by atoms with Crippen LogP contribution in [0.5, 0.6) is 0 Å². The minimum absolute atomic E-state index is 0.137. The number of benzene rings is 2. The summed E-state index contributed by atoms with van der Waals surface area (Å²) in [7, 11) is 3.94. The molecule has 0 saturated carbocycles. The van der Waals surface area contributed by atoms with Crippen LogP contribution in [0.4, 0.5) is 10.8 Å². The fourth-order valence-electron chi connectivity index (χ4n) is 2.22. The number of amides is 1. The van der Waals surface area contributed by atoms with Crippen molar-refractivity contribution < 1.29 is 4.79 Å². The second-order valence-electron chi connectivity index (χ2n) is 5.34. The van der Waals surface area contributed by atoms with E-state index >= 15 is 0 Å². The van der Waals surface area contributed by atoms with Crippen LogP contribution in [-0.4, -0.2) is 25.0 Å². The van der Waals surface area contributed by atoms with Gasteiger partial charge in [-0.15, -0.1) is 0 Å². The normalized spacial score (nSPS) is 10.7. The number of hydrogen-bond acceptors (Lipinski definition) is 4. The highest BCUT2D eigenvalue weighted by molar-refractivity contribution is 7.22. The van der Waals surface area contributed by atoms with E-state index in [0.717, 1.165) is 21.5 Å². The predicted octanol–water partition coefficient (Wildman–Crippen LogP) is 3.92. The first kappa shape index (κ1) is 14.5. The van der Waals surface area contributed by atoms with Crippen molar-refractivity contribution in [2.45, 2.75) is 6.92 Å². The van der Waals surface area contributed by atoms with E-state index in [-0.39, 0.29) is 5.91 Å². The number of aryl methyl sites for hydroxylation is 1. The van der Waals surface area contributed by atoms with Gasteiger partial charge in [-0.3, -0.25) is 10.1 Å². The van der Waals surface area contributed by atoms with Crippen molar-refractivity contribution in [1.29, 1.82) is 0 Å². The fourth-order valence-corrected chi connectivity index (χ4v) is 3.16. The molecule has 1 aromatic heterocycles. The van der Waals surface area contributed by atoms with Crippen molar-refractivity contribution in [2.24, 2.45) is 0 Å². The Hall–Kier alpha value is -2.40. The zero-order chi connectivity index (χ0) is 15.7. The van der Waals surface area contributed by atoms with Crippen molar-refractivity contribution >= 4 is 38.3 Å².